The molecule has 1 spiro atoms. The van der Waals surface area contributed by atoms with E-state index in [4.69, 9.17) is 19.4 Å². The van der Waals surface area contributed by atoms with E-state index in [0.717, 1.165) is 43.2 Å². The lowest BCUT2D eigenvalue weighted by Crippen LogP contribution is -2.33. The number of aromatic nitrogens is 1. The highest BCUT2D eigenvalue weighted by atomic mass is 32.1. The number of halogens is 3. The summed E-state index contributed by atoms with van der Waals surface area (Å²) in [4.78, 5) is 15.9. The number of likely N-dealkylation sites (tertiary alicyclic amines) is 1. The van der Waals surface area contributed by atoms with Crippen LogP contribution in [0.2, 0.25) is 0 Å². The van der Waals surface area contributed by atoms with Gasteiger partial charge in [-0.25, -0.2) is 9.78 Å². The van der Waals surface area contributed by atoms with Crippen LogP contribution in [-0.2, 0) is 27.4 Å². The van der Waals surface area contributed by atoms with E-state index in [0.29, 0.717) is 13.2 Å². The van der Waals surface area contributed by atoms with Gasteiger partial charge in [-0.15, -0.1) is 11.3 Å². The normalized spacial score (nSPS) is 23.3. The molecule has 2 aliphatic rings. The molecule has 6 nitrogen and oxygen atoms in total. The van der Waals surface area contributed by atoms with Gasteiger partial charge in [0.2, 0.25) is 0 Å². The van der Waals surface area contributed by atoms with E-state index in [1.807, 2.05) is 6.92 Å². The molecule has 0 unspecified atom stereocenters. The summed E-state index contributed by atoms with van der Waals surface area (Å²) in [5.74, 6) is -2.76. The number of aryl methyl sites for hydroxylation is 2. The molecular weight excluding hydrogens is 445 g/mol. The number of thiazole rings is 1. The Morgan fingerprint density at radius 1 is 1.41 bits per heavy atom. The maximum atomic E-state index is 10.6. The molecule has 1 N–H and O–H groups in total. The van der Waals surface area contributed by atoms with Gasteiger partial charge in [0.25, 0.3) is 0 Å². The molecule has 4 rings (SSSR count). The van der Waals surface area contributed by atoms with Gasteiger partial charge in [-0.1, -0.05) is 29.8 Å². The van der Waals surface area contributed by atoms with Crippen LogP contribution in [0.15, 0.2) is 29.6 Å². The van der Waals surface area contributed by atoms with Crippen molar-refractivity contribution in [3.8, 4) is 0 Å². The van der Waals surface area contributed by atoms with E-state index in [1.54, 1.807) is 11.3 Å². The van der Waals surface area contributed by atoms with Crippen molar-refractivity contribution in [1.82, 2.24) is 9.88 Å². The van der Waals surface area contributed by atoms with Crippen LogP contribution in [0.5, 0.6) is 0 Å². The minimum atomic E-state index is -5.08. The van der Waals surface area contributed by atoms with Gasteiger partial charge in [-0.05, 0) is 25.8 Å². The number of alkyl halides is 3. The van der Waals surface area contributed by atoms with E-state index in [2.05, 4.69) is 46.5 Å². The predicted octanol–water partition coefficient (Wildman–Crippen LogP) is 4.34. The van der Waals surface area contributed by atoms with Gasteiger partial charge in [0.05, 0.1) is 35.6 Å². The summed E-state index contributed by atoms with van der Waals surface area (Å²) in [5, 5.41) is 10.3. The molecule has 0 amide bonds. The molecule has 0 saturated carbocycles. The topological polar surface area (TPSA) is 71.9 Å². The number of carboxylic acids is 1. The number of carbonyl (C=O) groups is 1. The average Bonchev–Trinajstić information content (AvgIpc) is 3.41. The molecule has 2 fully saturated rings. The fourth-order valence-corrected chi connectivity index (χ4v) is 4.60. The third-order valence-electron chi connectivity index (χ3n) is 5.44. The zero-order valence-corrected chi connectivity index (χ0v) is 18.8. The highest BCUT2D eigenvalue weighted by Gasteiger charge is 2.45. The van der Waals surface area contributed by atoms with Gasteiger partial charge in [0.1, 0.15) is 0 Å². The molecule has 0 bridgehead atoms. The fourth-order valence-electron chi connectivity index (χ4n) is 4.00. The van der Waals surface area contributed by atoms with Gasteiger partial charge in [0.15, 0.2) is 0 Å². The lowest BCUT2D eigenvalue weighted by Gasteiger charge is -2.23. The van der Waals surface area contributed by atoms with E-state index in [1.165, 1.54) is 11.1 Å². The Morgan fingerprint density at radius 2 is 2.16 bits per heavy atom. The van der Waals surface area contributed by atoms with E-state index >= 15 is 0 Å². The first-order valence-corrected chi connectivity index (χ1v) is 11.2. The molecule has 0 radical (unpaired) electrons. The summed E-state index contributed by atoms with van der Waals surface area (Å²) >= 11 is 1.68. The zero-order chi connectivity index (χ0) is 23.4. The second-order valence-electron chi connectivity index (χ2n) is 8.24. The second kappa shape index (κ2) is 10.3. The Kier molecular flexibility index (Phi) is 7.92. The number of rotatable bonds is 5. The smallest absolute Gasteiger partial charge is 0.475 e. The Bertz CT molecular complexity index is 921. The van der Waals surface area contributed by atoms with Crippen LogP contribution in [0.1, 0.15) is 34.7 Å². The first kappa shape index (κ1) is 24.6. The van der Waals surface area contributed by atoms with Gasteiger partial charge in [-0.3, -0.25) is 4.90 Å². The lowest BCUT2D eigenvalue weighted by molar-refractivity contribution is -0.192. The minimum Gasteiger partial charge on any atom is -0.475 e. The van der Waals surface area contributed by atoms with Gasteiger partial charge < -0.3 is 14.6 Å². The third-order valence-corrected chi connectivity index (χ3v) is 6.26. The number of nitrogens with zero attached hydrogens (tertiary/aromatic N) is 2. The highest BCUT2D eigenvalue weighted by Crippen LogP contribution is 2.37. The summed E-state index contributed by atoms with van der Waals surface area (Å²) in [7, 11) is 0. The molecule has 32 heavy (non-hydrogen) atoms. The first-order chi connectivity index (χ1) is 15.0. The lowest BCUT2D eigenvalue weighted by atomic mass is 9.98. The van der Waals surface area contributed by atoms with Crippen molar-refractivity contribution in [2.24, 2.45) is 0 Å². The highest BCUT2D eigenvalue weighted by molar-refractivity contribution is 7.09. The Balaban J connectivity index is 0.000000360. The van der Waals surface area contributed by atoms with E-state index in [-0.39, 0.29) is 11.7 Å². The SMILES string of the molecule is Cc1cccc(CN2CC[C@]3(C[C@H](OCc4csc(C)n4)CO3)C2)c1.O=C(O)C(F)(F)F. The van der Waals surface area contributed by atoms with Crippen LogP contribution >= 0.6 is 11.3 Å². The Labute approximate surface area is 189 Å². The number of hydrogen-bond donors (Lipinski definition) is 1. The maximum absolute atomic E-state index is 10.6. The van der Waals surface area contributed by atoms with Crippen molar-refractivity contribution in [2.45, 2.75) is 57.7 Å². The third kappa shape index (κ3) is 6.99. The predicted molar refractivity (Wildman–Crippen MR) is 113 cm³/mol. The molecule has 10 heteroatoms. The summed E-state index contributed by atoms with van der Waals surface area (Å²) in [6.07, 6.45) is -2.78. The van der Waals surface area contributed by atoms with Gasteiger partial charge in [0, 0.05) is 31.4 Å². The summed E-state index contributed by atoms with van der Waals surface area (Å²) in [6.45, 7) is 8.62. The number of ether oxygens (including phenoxy) is 2. The molecule has 0 aliphatic carbocycles. The number of aliphatic carboxylic acids is 1. The van der Waals surface area contributed by atoms with Crippen molar-refractivity contribution < 1.29 is 32.5 Å². The van der Waals surface area contributed by atoms with Crippen molar-refractivity contribution in [2.75, 3.05) is 19.7 Å². The molecule has 1 aromatic heterocycles. The summed E-state index contributed by atoms with van der Waals surface area (Å²) in [5.41, 5.74) is 3.75. The van der Waals surface area contributed by atoms with E-state index < -0.39 is 12.1 Å². The van der Waals surface area contributed by atoms with Crippen LogP contribution in [0.4, 0.5) is 13.2 Å². The average molecular weight is 473 g/mol. The number of hydrogen-bond acceptors (Lipinski definition) is 6. The first-order valence-electron chi connectivity index (χ1n) is 10.3. The standard InChI is InChI=1S/C20H26N2O2S.C2HF3O2/c1-15-4-3-5-17(8-15)10-22-7-6-20(14-22)9-19(12-24-20)23-11-18-13-25-16(2)21-18;3-2(4,5)1(6)7/h3-5,8,13,19H,6-7,9-12,14H2,1-2H3;(H,6,7)/t19-,20-;/m0./s1. The Morgan fingerprint density at radius 3 is 2.78 bits per heavy atom. The maximum Gasteiger partial charge on any atom is 0.490 e. The second-order valence-corrected chi connectivity index (χ2v) is 9.30. The molecule has 2 atom stereocenters. The van der Waals surface area contributed by atoms with Crippen molar-refractivity contribution in [3.63, 3.8) is 0 Å². The molecule has 176 valence electrons. The number of benzene rings is 1. The van der Waals surface area contributed by atoms with Crippen molar-refractivity contribution in [1.29, 1.82) is 0 Å². The molecule has 2 aliphatic heterocycles. The van der Waals surface area contributed by atoms with Gasteiger partial charge in [-0.2, -0.15) is 13.2 Å². The Hall–Kier alpha value is -2.01. The van der Waals surface area contributed by atoms with Crippen LogP contribution in [0.3, 0.4) is 0 Å². The molecule has 3 heterocycles. The van der Waals surface area contributed by atoms with Crippen LogP contribution in [-0.4, -0.2) is 58.5 Å². The number of carboxylic acid groups (broad SMARTS) is 1. The minimum absolute atomic E-state index is 0.00746. The van der Waals surface area contributed by atoms with Crippen molar-refractivity contribution >= 4 is 17.3 Å². The van der Waals surface area contributed by atoms with Crippen LogP contribution < -0.4 is 0 Å². The summed E-state index contributed by atoms with van der Waals surface area (Å²) < 4.78 is 44.0. The molecule has 2 saturated heterocycles. The van der Waals surface area contributed by atoms with Crippen LogP contribution in [0, 0.1) is 13.8 Å². The molecule has 1 aromatic carbocycles. The zero-order valence-electron chi connectivity index (χ0n) is 18.0. The van der Waals surface area contributed by atoms with Crippen molar-refractivity contribution in [3.05, 3.63) is 51.5 Å². The monoisotopic (exact) mass is 472 g/mol. The van der Waals surface area contributed by atoms with E-state index in [9.17, 15) is 13.2 Å². The van der Waals surface area contributed by atoms with Crippen LogP contribution in [0.25, 0.3) is 0 Å². The molecule has 2 aromatic rings. The molecular formula is C22H27F3N2O4S. The fraction of sp³-hybridized carbons (Fsp3) is 0.545. The quantitative estimate of drug-likeness (QED) is 0.698. The summed E-state index contributed by atoms with van der Waals surface area (Å²) in [6, 6.07) is 8.80. The largest absolute Gasteiger partial charge is 0.490 e. The van der Waals surface area contributed by atoms with Gasteiger partial charge >= 0.3 is 12.1 Å².